The van der Waals surface area contributed by atoms with Crippen molar-refractivity contribution in [3.8, 4) is 6.07 Å². The van der Waals surface area contributed by atoms with E-state index >= 15 is 0 Å². The zero-order valence-corrected chi connectivity index (χ0v) is 16.1. The molecule has 1 aliphatic rings. The third kappa shape index (κ3) is 4.06. The van der Waals surface area contributed by atoms with Crippen molar-refractivity contribution < 1.29 is 4.79 Å². The number of amides is 2. The second-order valence-corrected chi connectivity index (χ2v) is 7.25. The molecule has 1 N–H and O–H groups in total. The lowest BCUT2D eigenvalue weighted by Crippen LogP contribution is -2.41. The van der Waals surface area contributed by atoms with Gasteiger partial charge in [-0.05, 0) is 49.1 Å². The Hall–Kier alpha value is -3.00. The molecule has 2 amide bonds. The van der Waals surface area contributed by atoms with E-state index in [0.29, 0.717) is 6.54 Å². The number of nitriles is 1. The number of carbonyl (C=O) groups excluding carboxylic acids is 1. The van der Waals surface area contributed by atoms with Crippen molar-refractivity contribution >= 4 is 17.4 Å². The zero-order valence-electron chi connectivity index (χ0n) is 16.1. The van der Waals surface area contributed by atoms with E-state index in [2.05, 4.69) is 16.3 Å². The van der Waals surface area contributed by atoms with Gasteiger partial charge in [0.2, 0.25) is 0 Å². The molecule has 0 saturated carbocycles. The molecule has 2 unspecified atom stereocenters. The Morgan fingerprint density at radius 1 is 1.26 bits per heavy atom. The molecule has 140 valence electrons. The maximum absolute atomic E-state index is 12.9. The number of rotatable bonds is 4. The van der Waals surface area contributed by atoms with E-state index in [0.717, 1.165) is 35.3 Å². The highest BCUT2D eigenvalue weighted by Crippen LogP contribution is 2.31. The maximum Gasteiger partial charge on any atom is 0.322 e. The lowest BCUT2D eigenvalue weighted by molar-refractivity contribution is 0.203. The Bertz CT molecular complexity index is 841. The number of aryl methyl sites for hydroxylation is 1. The molecule has 1 fully saturated rings. The molecule has 0 bridgehead atoms. The number of carbonyl (C=O) groups is 1. The van der Waals surface area contributed by atoms with Gasteiger partial charge in [0.15, 0.2) is 0 Å². The molecule has 5 heteroatoms. The SMILES string of the molecule is Cc1cc(NC(=O)N2CCCC2C(C#N)c2ccccc2)ccc1N(C)C. The molecule has 2 atom stereocenters. The van der Waals surface area contributed by atoms with E-state index in [1.165, 1.54) is 0 Å². The number of nitrogens with one attached hydrogen (secondary N) is 1. The van der Waals surface area contributed by atoms with Crippen LogP contribution in [0.5, 0.6) is 0 Å². The van der Waals surface area contributed by atoms with Crippen LogP contribution in [0.3, 0.4) is 0 Å². The van der Waals surface area contributed by atoms with Crippen LogP contribution in [0.25, 0.3) is 0 Å². The average molecular weight is 362 g/mol. The molecule has 0 aromatic heterocycles. The van der Waals surface area contributed by atoms with Crippen LogP contribution in [0.2, 0.25) is 0 Å². The number of hydrogen-bond donors (Lipinski definition) is 1. The monoisotopic (exact) mass is 362 g/mol. The summed E-state index contributed by atoms with van der Waals surface area (Å²) in [6.07, 6.45) is 1.76. The number of urea groups is 1. The van der Waals surface area contributed by atoms with E-state index < -0.39 is 0 Å². The van der Waals surface area contributed by atoms with Crippen LogP contribution in [0.15, 0.2) is 48.5 Å². The number of hydrogen-bond acceptors (Lipinski definition) is 3. The Labute approximate surface area is 161 Å². The van der Waals surface area contributed by atoms with Gasteiger partial charge in [-0.2, -0.15) is 5.26 Å². The molecule has 2 aromatic carbocycles. The van der Waals surface area contributed by atoms with Crippen molar-refractivity contribution in [2.75, 3.05) is 30.9 Å². The minimum absolute atomic E-state index is 0.0976. The first-order chi connectivity index (χ1) is 13.0. The number of nitrogens with zero attached hydrogens (tertiary/aromatic N) is 3. The molecule has 0 aliphatic carbocycles. The summed E-state index contributed by atoms with van der Waals surface area (Å²) in [6.45, 7) is 2.71. The second kappa shape index (κ2) is 8.13. The fraction of sp³-hybridized carbons (Fsp3) is 0.364. The predicted molar refractivity (Wildman–Crippen MR) is 109 cm³/mol. The number of likely N-dealkylation sites (tertiary alicyclic amines) is 1. The number of anilines is 2. The molecule has 27 heavy (non-hydrogen) atoms. The van der Waals surface area contributed by atoms with Crippen LogP contribution < -0.4 is 10.2 Å². The van der Waals surface area contributed by atoms with Crippen molar-refractivity contribution in [3.63, 3.8) is 0 Å². The van der Waals surface area contributed by atoms with Gasteiger partial charge in [-0.25, -0.2) is 4.79 Å². The van der Waals surface area contributed by atoms with Gasteiger partial charge in [-0.3, -0.25) is 0 Å². The third-order valence-electron chi connectivity index (χ3n) is 5.17. The van der Waals surface area contributed by atoms with Crippen LogP contribution in [0.4, 0.5) is 16.2 Å². The molecular weight excluding hydrogens is 336 g/mol. The average Bonchev–Trinajstić information content (AvgIpc) is 3.12. The summed E-state index contributed by atoms with van der Waals surface area (Å²) in [6, 6.07) is 17.8. The zero-order chi connectivity index (χ0) is 19.4. The second-order valence-electron chi connectivity index (χ2n) is 7.25. The molecular formula is C22H26N4O. The quantitative estimate of drug-likeness (QED) is 0.879. The van der Waals surface area contributed by atoms with Gasteiger partial charge in [-0.15, -0.1) is 0 Å². The van der Waals surface area contributed by atoms with Gasteiger partial charge in [0.25, 0.3) is 0 Å². The Morgan fingerprint density at radius 2 is 2.00 bits per heavy atom. The Morgan fingerprint density at radius 3 is 2.63 bits per heavy atom. The molecule has 2 aromatic rings. The summed E-state index contributed by atoms with van der Waals surface area (Å²) < 4.78 is 0. The fourth-order valence-electron chi connectivity index (χ4n) is 3.86. The summed E-state index contributed by atoms with van der Waals surface area (Å²) in [5.74, 6) is -0.308. The lowest BCUT2D eigenvalue weighted by atomic mass is 9.91. The van der Waals surface area contributed by atoms with E-state index in [1.54, 1.807) is 0 Å². The molecule has 0 radical (unpaired) electrons. The lowest BCUT2D eigenvalue weighted by Gasteiger charge is -2.28. The van der Waals surface area contributed by atoms with E-state index in [1.807, 2.05) is 74.4 Å². The van der Waals surface area contributed by atoms with Crippen molar-refractivity contribution in [2.24, 2.45) is 0 Å². The minimum Gasteiger partial charge on any atom is -0.377 e. The predicted octanol–water partition coefficient (Wildman–Crippen LogP) is 4.36. The summed E-state index contributed by atoms with van der Waals surface area (Å²) >= 11 is 0. The van der Waals surface area contributed by atoms with Crippen LogP contribution >= 0.6 is 0 Å². The van der Waals surface area contributed by atoms with Gasteiger partial charge in [0.05, 0.1) is 18.0 Å². The highest BCUT2D eigenvalue weighted by atomic mass is 16.2. The van der Waals surface area contributed by atoms with Gasteiger partial charge in [0, 0.05) is 32.0 Å². The van der Waals surface area contributed by atoms with Crippen molar-refractivity contribution in [3.05, 3.63) is 59.7 Å². The third-order valence-corrected chi connectivity index (χ3v) is 5.17. The molecule has 5 nitrogen and oxygen atoms in total. The van der Waals surface area contributed by atoms with Gasteiger partial charge in [-0.1, -0.05) is 30.3 Å². The molecule has 3 rings (SSSR count). The van der Waals surface area contributed by atoms with Crippen LogP contribution in [0, 0.1) is 18.3 Å². The first kappa shape index (κ1) is 18.8. The minimum atomic E-state index is -0.308. The Balaban J connectivity index is 1.76. The van der Waals surface area contributed by atoms with Crippen LogP contribution in [-0.4, -0.2) is 37.6 Å². The van der Waals surface area contributed by atoms with Crippen LogP contribution in [-0.2, 0) is 0 Å². The molecule has 1 aliphatic heterocycles. The van der Waals surface area contributed by atoms with Crippen molar-refractivity contribution in [1.82, 2.24) is 4.90 Å². The van der Waals surface area contributed by atoms with Crippen LogP contribution in [0.1, 0.15) is 29.9 Å². The van der Waals surface area contributed by atoms with E-state index in [4.69, 9.17) is 0 Å². The molecule has 1 heterocycles. The fourth-order valence-corrected chi connectivity index (χ4v) is 3.86. The highest BCUT2D eigenvalue weighted by Gasteiger charge is 2.35. The first-order valence-electron chi connectivity index (χ1n) is 9.31. The van der Waals surface area contributed by atoms with E-state index in [-0.39, 0.29) is 18.0 Å². The normalized spacial score (nSPS) is 17.3. The van der Waals surface area contributed by atoms with Crippen molar-refractivity contribution in [2.45, 2.75) is 31.7 Å². The van der Waals surface area contributed by atoms with E-state index in [9.17, 15) is 10.1 Å². The number of benzene rings is 2. The van der Waals surface area contributed by atoms with Gasteiger partial charge < -0.3 is 15.1 Å². The summed E-state index contributed by atoms with van der Waals surface area (Å²) in [7, 11) is 4.00. The largest absolute Gasteiger partial charge is 0.377 e. The smallest absolute Gasteiger partial charge is 0.322 e. The first-order valence-corrected chi connectivity index (χ1v) is 9.31. The molecule has 0 spiro atoms. The topological polar surface area (TPSA) is 59.4 Å². The van der Waals surface area contributed by atoms with Gasteiger partial charge in [0.1, 0.15) is 0 Å². The van der Waals surface area contributed by atoms with Crippen molar-refractivity contribution in [1.29, 1.82) is 5.26 Å². The summed E-state index contributed by atoms with van der Waals surface area (Å²) in [4.78, 5) is 16.8. The van der Waals surface area contributed by atoms with Gasteiger partial charge >= 0.3 is 6.03 Å². The Kier molecular flexibility index (Phi) is 5.66. The molecule has 1 saturated heterocycles. The summed E-state index contributed by atoms with van der Waals surface area (Å²) in [5.41, 5.74) is 3.98. The standard InChI is InChI=1S/C22H26N4O/c1-16-14-18(11-12-20(16)25(2)3)24-22(27)26-13-7-10-21(26)19(15-23)17-8-5-4-6-9-17/h4-6,8-9,11-12,14,19,21H,7,10,13H2,1-3H3,(H,24,27). The maximum atomic E-state index is 12.9. The highest BCUT2D eigenvalue weighted by molar-refractivity contribution is 5.90. The summed E-state index contributed by atoms with van der Waals surface area (Å²) in [5, 5.41) is 12.7.